The zero-order chi connectivity index (χ0) is 37.6. The van der Waals surface area contributed by atoms with Gasteiger partial charge in [0.15, 0.2) is 18.4 Å². The minimum Gasteiger partial charge on any atom is -0.456 e. The van der Waals surface area contributed by atoms with Crippen molar-refractivity contribution in [1.29, 1.82) is 0 Å². The predicted molar refractivity (Wildman–Crippen MR) is 187 cm³/mol. The highest BCUT2D eigenvalue weighted by atomic mass is 16.6. The first kappa shape index (κ1) is 38.7. The van der Waals surface area contributed by atoms with Crippen LogP contribution in [0.15, 0.2) is 11.6 Å². The van der Waals surface area contributed by atoms with E-state index < -0.39 is 66.6 Å². The van der Waals surface area contributed by atoms with Crippen LogP contribution in [0.3, 0.4) is 0 Å². The summed E-state index contributed by atoms with van der Waals surface area (Å²) in [6.07, 6.45) is 0.444. The van der Waals surface area contributed by atoms with E-state index in [1.807, 2.05) is 0 Å². The maximum Gasteiger partial charge on any atom is 0.303 e. The Balaban J connectivity index is 1.37. The predicted octanol–water partition coefficient (Wildman–Crippen LogP) is 4.03. The van der Waals surface area contributed by atoms with Crippen LogP contribution >= 0.6 is 0 Å². The van der Waals surface area contributed by atoms with Gasteiger partial charge in [0.2, 0.25) is 5.91 Å². The van der Waals surface area contributed by atoms with Crippen LogP contribution in [-0.2, 0) is 28.6 Å². The molecule has 0 bridgehead atoms. The normalized spacial score (nSPS) is 50.3. The highest BCUT2D eigenvalue weighted by Gasteiger charge is 2.71. The lowest BCUT2D eigenvalue weighted by Crippen LogP contribution is -2.71. The van der Waals surface area contributed by atoms with Gasteiger partial charge in [0, 0.05) is 19.8 Å². The van der Waals surface area contributed by atoms with E-state index >= 15 is 0 Å². The molecular formula is C40H63NO10. The summed E-state index contributed by atoms with van der Waals surface area (Å²) in [4.78, 5) is 38.9. The minimum absolute atomic E-state index is 0.0310. The number of esters is 2. The van der Waals surface area contributed by atoms with Gasteiger partial charge < -0.3 is 40.0 Å². The fourth-order valence-electron chi connectivity index (χ4n) is 13.1. The van der Waals surface area contributed by atoms with E-state index in [2.05, 4.69) is 59.9 Å². The molecule has 11 nitrogen and oxygen atoms in total. The maximum absolute atomic E-state index is 14.9. The Morgan fingerprint density at radius 3 is 2.16 bits per heavy atom. The van der Waals surface area contributed by atoms with Gasteiger partial charge in [-0.05, 0) is 96.7 Å². The maximum atomic E-state index is 14.9. The Morgan fingerprint density at radius 2 is 1.53 bits per heavy atom. The molecule has 11 heteroatoms. The van der Waals surface area contributed by atoms with Gasteiger partial charge in [-0.3, -0.25) is 14.4 Å². The largest absolute Gasteiger partial charge is 0.456 e. The molecule has 0 aromatic carbocycles. The van der Waals surface area contributed by atoms with Crippen molar-refractivity contribution in [2.45, 2.75) is 157 Å². The molecule has 288 valence electrons. The first-order valence-electron chi connectivity index (χ1n) is 19.4. The first-order chi connectivity index (χ1) is 23.7. The summed E-state index contributed by atoms with van der Waals surface area (Å²) in [6.45, 7) is 17.8. The van der Waals surface area contributed by atoms with E-state index in [0.29, 0.717) is 30.6 Å². The second-order valence-corrected chi connectivity index (χ2v) is 18.7. The molecule has 5 N–H and O–H groups in total. The van der Waals surface area contributed by atoms with E-state index in [1.54, 1.807) is 0 Å². The third kappa shape index (κ3) is 5.56. The fourth-order valence-corrected chi connectivity index (χ4v) is 13.1. The van der Waals surface area contributed by atoms with E-state index in [9.17, 15) is 34.8 Å². The van der Waals surface area contributed by atoms with Crippen LogP contribution in [-0.4, -0.2) is 87.7 Å². The highest BCUT2D eigenvalue weighted by molar-refractivity contribution is 5.85. The third-order valence-corrected chi connectivity index (χ3v) is 16.2. The Kier molecular flexibility index (Phi) is 9.90. The Hall–Kier alpha value is -2.05. The number of amides is 1. The zero-order valence-electron chi connectivity index (χ0n) is 32.1. The second-order valence-electron chi connectivity index (χ2n) is 18.7. The average Bonchev–Trinajstić information content (AvgIpc) is 3.04. The van der Waals surface area contributed by atoms with Crippen molar-refractivity contribution in [3.05, 3.63) is 11.6 Å². The lowest BCUT2D eigenvalue weighted by atomic mass is 9.33. The summed E-state index contributed by atoms with van der Waals surface area (Å²) < 4.78 is 16.7. The highest BCUT2D eigenvalue weighted by Crippen LogP contribution is 2.75. The summed E-state index contributed by atoms with van der Waals surface area (Å²) >= 11 is 0. The molecule has 1 aliphatic heterocycles. The summed E-state index contributed by atoms with van der Waals surface area (Å²) in [6, 6.07) is 0. The third-order valence-electron chi connectivity index (χ3n) is 16.2. The smallest absolute Gasteiger partial charge is 0.303 e. The summed E-state index contributed by atoms with van der Waals surface area (Å²) in [5, 5.41) is 48.2. The van der Waals surface area contributed by atoms with Crippen molar-refractivity contribution in [2.24, 2.45) is 56.7 Å². The molecule has 1 saturated heterocycles. The van der Waals surface area contributed by atoms with Crippen molar-refractivity contribution < 1.29 is 49.0 Å². The summed E-state index contributed by atoms with van der Waals surface area (Å²) in [7, 11) is 0. The zero-order valence-corrected chi connectivity index (χ0v) is 32.1. The van der Waals surface area contributed by atoms with Gasteiger partial charge in [0.1, 0.15) is 12.2 Å². The van der Waals surface area contributed by atoms with Gasteiger partial charge in [-0.2, -0.15) is 0 Å². The van der Waals surface area contributed by atoms with Crippen molar-refractivity contribution in [3.8, 4) is 0 Å². The molecule has 0 aromatic rings. The number of carbonyl (C=O) groups is 3. The van der Waals surface area contributed by atoms with Gasteiger partial charge in [-0.1, -0.05) is 60.1 Å². The lowest BCUT2D eigenvalue weighted by Gasteiger charge is -2.72. The van der Waals surface area contributed by atoms with Crippen molar-refractivity contribution >= 4 is 17.8 Å². The standard InChI is InChI=1S/C40H63NO10/c1-20-12-17-40(35(48)41-34-31(47)33(50-23(4)44)32(49-22(3)43)25(19-42)51-34)29(46)18-39(9)24(30(40)21(20)2)10-11-27-37(7)15-14-28(45)36(5,6)26(37)13-16-38(27,39)8/h10,20-21,25-34,42,45-47H,11-19H2,1-9H3,(H,41,48)/t20-,21+,25?,26?,27?,28+,29-,30?,31?,32-,33+,34+,37+,38-,39-,40+/m1/s1. The van der Waals surface area contributed by atoms with Gasteiger partial charge >= 0.3 is 11.9 Å². The lowest BCUT2D eigenvalue weighted by molar-refractivity contribution is -0.252. The van der Waals surface area contributed by atoms with Gasteiger partial charge in [0.25, 0.3) is 0 Å². The van der Waals surface area contributed by atoms with Crippen molar-refractivity contribution in [2.75, 3.05) is 6.61 Å². The molecule has 5 aliphatic carbocycles. The monoisotopic (exact) mass is 717 g/mol. The van der Waals surface area contributed by atoms with E-state index in [-0.39, 0.29) is 39.6 Å². The number of rotatable bonds is 5. The molecule has 5 unspecified atom stereocenters. The average molecular weight is 718 g/mol. The molecule has 51 heavy (non-hydrogen) atoms. The Bertz CT molecular complexity index is 1430. The van der Waals surface area contributed by atoms with Crippen LogP contribution in [0.4, 0.5) is 0 Å². The van der Waals surface area contributed by atoms with Gasteiger partial charge in [-0.15, -0.1) is 0 Å². The fraction of sp³-hybridized carbons (Fsp3) is 0.875. The number of fused-ring (bicyclic) bond motifs is 7. The SMILES string of the molecule is CC(=O)O[C@@H]1C(CO)O[C@H](NC(=O)[C@]23CC[C@@H](C)[C@H](C)C2C2=CCC4[C@@]5(C)CC[C@H](O)C(C)(C)C5CC[C@@]4(C)[C@]2(C)C[C@H]3O)C(O)[C@@H]1OC(C)=O. The Labute approximate surface area is 303 Å². The van der Waals surface area contributed by atoms with Crippen LogP contribution in [0, 0.1) is 56.7 Å². The van der Waals surface area contributed by atoms with Gasteiger partial charge in [0.05, 0.1) is 24.2 Å². The summed E-state index contributed by atoms with van der Waals surface area (Å²) in [5.41, 5.74) is -0.610. The van der Waals surface area contributed by atoms with E-state index in [1.165, 1.54) is 5.57 Å². The molecule has 6 aliphatic rings. The molecule has 1 amide bonds. The first-order valence-corrected chi connectivity index (χ1v) is 19.4. The van der Waals surface area contributed by atoms with Crippen molar-refractivity contribution in [1.82, 2.24) is 5.32 Å². The molecule has 1 heterocycles. The van der Waals surface area contributed by atoms with Crippen LogP contribution in [0.1, 0.15) is 114 Å². The number of carbonyl (C=O) groups excluding carboxylic acids is 3. The molecular weight excluding hydrogens is 654 g/mol. The van der Waals surface area contributed by atoms with Crippen LogP contribution in [0.25, 0.3) is 0 Å². The number of hydrogen-bond donors (Lipinski definition) is 5. The van der Waals surface area contributed by atoms with Crippen molar-refractivity contribution in [3.63, 3.8) is 0 Å². The second kappa shape index (κ2) is 13.1. The number of aliphatic hydroxyl groups is 4. The number of ether oxygens (including phenoxy) is 3. The molecule has 0 aromatic heterocycles. The summed E-state index contributed by atoms with van der Waals surface area (Å²) in [5.74, 6) is -1.03. The van der Waals surface area contributed by atoms with Gasteiger partial charge in [-0.25, -0.2) is 0 Å². The van der Waals surface area contributed by atoms with E-state index in [0.717, 1.165) is 52.4 Å². The molecule has 16 atom stereocenters. The Morgan fingerprint density at radius 1 is 0.882 bits per heavy atom. The van der Waals surface area contributed by atoms with Crippen LogP contribution in [0.2, 0.25) is 0 Å². The van der Waals surface area contributed by atoms with E-state index in [4.69, 9.17) is 14.2 Å². The minimum atomic E-state index is -1.62. The number of hydrogen-bond acceptors (Lipinski definition) is 10. The van der Waals surface area contributed by atoms with Crippen LogP contribution < -0.4 is 5.32 Å². The molecule has 0 spiro atoms. The quantitative estimate of drug-likeness (QED) is 0.207. The van der Waals surface area contributed by atoms with Crippen LogP contribution in [0.5, 0.6) is 0 Å². The topological polar surface area (TPSA) is 172 Å². The molecule has 6 rings (SSSR count). The molecule has 4 saturated carbocycles. The molecule has 0 radical (unpaired) electrons. The number of aliphatic hydroxyl groups excluding tert-OH is 4. The number of nitrogens with one attached hydrogen (secondary N) is 1. The molecule has 5 fully saturated rings. The number of allylic oxidation sites excluding steroid dienone is 2.